The van der Waals surface area contributed by atoms with Gasteiger partial charge in [-0.05, 0) is 23.7 Å². The molecule has 14 heavy (non-hydrogen) atoms. The standard InChI is InChI=1S/C14H30/c1-7-8-9-10-11-14(6,12(2)3)13(4)5/h12-13H,7-11H2,1-6H3. The van der Waals surface area contributed by atoms with E-state index in [1.54, 1.807) is 0 Å². The van der Waals surface area contributed by atoms with Crippen LogP contribution >= 0.6 is 0 Å². The summed E-state index contributed by atoms with van der Waals surface area (Å²) in [5, 5.41) is 0. The van der Waals surface area contributed by atoms with Crippen LogP contribution in [-0.4, -0.2) is 0 Å². The van der Waals surface area contributed by atoms with Gasteiger partial charge in [0.25, 0.3) is 0 Å². The molecule has 0 aromatic carbocycles. The fourth-order valence-corrected chi connectivity index (χ4v) is 2.18. The topological polar surface area (TPSA) is 0 Å². The number of hydrogen-bond donors (Lipinski definition) is 0. The van der Waals surface area contributed by atoms with Crippen LogP contribution in [0.3, 0.4) is 0 Å². The Labute approximate surface area is 91.5 Å². The van der Waals surface area contributed by atoms with Gasteiger partial charge in [-0.3, -0.25) is 0 Å². The highest BCUT2D eigenvalue weighted by molar-refractivity contribution is 4.80. The van der Waals surface area contributed by atoms with Crippen molar-refractivity contribution >= 4 is 0 Å². The Hall–Kier alpha value is 0. The predicted molar refractivity (Wildman–Crippen MR) is 66.5 cm³/mol. The van der Waals surface area contributed by atoms with Crippen LogP contribution < -0.4 is 0 Å². The Morgan fingerprint density at radius 2 is 1.36 bits per heavy atom. The molecule has 0 unspecified atom stereocenters. The molecule has 0 heteroatoms. The molecule has 0 saturated carbocycles. The molecule has 0 saturated heterocycles. The maximum Gasteiger partial charge on any atom is -0.0280 e. The van der Waals surface area contributed by atoms with Crippen LogP contribution in [0.5, 0.6) is 0 Å². The minimum atomic E-state index is 0.549. The summed E-state index contributed by atoms with van der Waals surface area (Å²) >= 11 is 0. The van der Waals surface area contributed by atoms with Gasteiger partial charge in [0.05, 0.1) is 0 Å². The second-order valence-electron chi connectivity index (χ2n) is 5.63. The van der Waals surface area contributed by atoms with Gasteiger partial charge < -0.3 is 0 Å². The van der Waals surface area contributed by atoms with Crippen molar-refractivity contribution in [1.29, 1.82) is 0 Å². The van der Waals surface area contributed by atoms with Crippen molar-refractivity contribution in [2.75, 3.05) is 0 Å². The largest absolute Gasteiger partial charge is 0.0654 e. The first-order chi connectivity index (χ1) is 6.45. The maximum absolute atomic E-state index is 2.47. The highest BCUT2D eigenvalue weighted by Crippen LogP contribution is 2.40. The summed E-state index contributed by atoms with van der Waals surface area (Å²) in [6.45, 7) is 14.2. The van der Waals surface area contributed by atoms with Gasteiger partial charge in [0.1, 0.15) is 0 Å². The molecule has 0 fully saturated rings. The third kappa shape index (κ3) is 4.02. The molecule has 0 bridgehead atoms. The highest BCUT2D eigenvalue weighted by Gasteiger charge is 2.30. The molecule has 0 atom stereocenters. The lowest BCUT2D eigenvalue weighted by molar-refractivity contribution is 0.119. The molecule has 0 aliphatic rings. The Kier molecular flexibility index (Phi) is 6.48. The van der Waals surface area contributed by atoms with Gasteiger partial charge in [0.15, 0.2) is 0 Å². The third-order valence-electron chi connectivity index (χ3n) is 4.21. The first-order valence-electron chi connectivity index (χ1n) is 6.45. The molecule has 0 aromatic heterocycles. The summed E-state index contributed by atoms with van der Waals surface area (Å²) in [4.78, 5) is 0. The average Bonchev–Trinajstić information content (AvgIpc) is 2.11. The summed E-state index contributed by atoms with van der Waals surface area (Å²) < 4.78 is 0. The van der Waals surface area contributed by atoms with Gasteiger partial charge in [-0.2, -0.15) is 0 Å². The fraction of sp³-hybridized carbons (Fsp3) is 1.00. The van der Waals surface area contributed by atoms with E-state index >= 15 is 0 Å². The van der Waals surface area contributed by atoms with Crippen molar-refractivity contribution in [2.45, 2.75) is 73.6 Å². The zero-order valence-corrected chi connectivity index (χ0v) is 11.2. The quantitative estimate of drug-likeness (QED) is 0.488. The van der Waals surface area contributed by atoms with E-state index < -0.39 is 0 Å². The fourth-order valence-electron chi connectivity index (χ4n) is 2.18. The Balaban J connectivity index is 3.98. The second kappa shape index (κ2) is 6.48. The van der Waals surface area contributed by atoms with E-state index in [1.165, 1.54) is 32.1 Å². The van der Waals surface area contributed by atoms with Crippen LogP contribution in [0.25, 0.3) is 0 Å². The van der Waals surface area contributed by atoms with Crippen LogP contribution in [0.2, 0.25) is 0 Å². The van der Waals surface area contributed by atoms with Crippen molar-refractivity contribution in [1.82, 2.24) is 0 Å². The molecule has 0 aliphatic carbocycles. The number of hydrogen-bond acceptors (Lipinski definition) is 0. The summed E-state index contributed by atoms with van der Waals surface area (Å²) in [5.74, 6) is 1.62. The molecule has 0 radical (unpaired) electrons. The minimum Gasteiger partial charge on any atom is -0.0654 e. The maximum atomic E-state index is 2.47. The molecule has 0 aromatic rings. The molecule has 0 nitrogen and oxygen atoms in total. The predicted octanol–water partition coefficient (Wildman–Crippen LogP) is 5.28. The lowest BCUT2D eigenvalue weighted by atomic mass is 9.67. The Bertz CT molecular complexity index is 125. The van der Waals surface area contributed by atoms with Gasteiger partial charge in [-0.15, -0.1) is 0 Å². The van der Waals surface area contributed by atoms with E-state index in [9.17, 15) is 0 Å². The molecule has 86 valence electrons. The highest BCUT2D eigenvalue weighted by atomic mass is 14.4. The van der Waals surface area contributed by atoms with Gasteiger partial charge in [0.2, 0.25) is 0 Å². The molecule has 0 rings (SSSR count). The van der Waals surface area contributed by atoms with Crippen LogP contribution in [0.4, 0.5) is 0 Å². The zero-order valence-electron chi connectivity index (χ0n) is 11.2. The van der Waals surface area contributed by atoms with Crippen molar-refractivity contribution in [3.05, 3.63) is 0 Å². The van der Waals surface area contributed by atoms with Gasteiger partial charge in [-0.25, -0.2) is 0 Å². The average molecular weight is 198 g/mol. The first-order valence-corrected chi connectivity index (χ1v) is 6.45. The van der Waals surface area contributed by atoms with Crippen molar-refractivity contribution in [3.8, 4) is 0 Å². The molecular weight excluding hydrogens is 168 g/mol. The van der Waals surface area contributed by atoms with Gasteiger partial charge in [0, 0.05) is 0 Å². The lowest BCUT2D eigenvalue weighted by Crippen LogP contribution is -2.29. The normalized spacial score (nSPS) is 12.9. The molecule has 0 amide bonds. The van der Waals surface area contributed by atoms with E-state index in [0.717, 1.165) is 11.8 Å². The van der Waals surface area contributed by atoms with Crippen molar-refractivity contribution < 1.29 is 0 Å². The minimum absolute atomic E-state index is 0.549. The van der Waals surface area contributed by atoms with E-state index in [-0.39, 0.29) is 0 Å². The molecule has 0 heterocycles. The first kappa shape index (κ1) is 14.0. The smallest absolute Gasteiger partial charge is 0.0280 e. The van der Waals surface area contributed by atoms with E-state index in [1.807, 2.05) is 0 Å². The SMILES string of the molecule is CCCCCCC(C)(C(C)C)C(C)C. The number of unbranched alkanes of at least 4 members (excludes halogenated alkanes) is 3. The monoisotopic (exact) mass is 198 g/mol. The van der Waals surface area contributed by atoms with Crippen LogP contribution in [-0.2, 0) is 0 Å². The molecule has 0 spiro atoms. The van der Waals surface area contributed by atoms with E-state index in [0.29, 0.717) is 5.41 Å². The van der Waals surface area contributed by atoms with Gasteiger partial charge >= 0.3 is 0 Å². The molecule has 0 N–H and O–H groups in total. The summed E-state index contributed by atoms with van der Waals surface area (Å²) in [7, 11) is 0. The van der Waals surface area contributed by atoms with Crippen molar-refractivity contribution in [2.24, 2.45) is 17.3 Å². The van der Waals surface area contributed by atoms with Crippen LogP contribution in [0.1, 0.15) is 73.6 Å². The summed E-state index contributed by atoms with van der Waals surface area (Å²) in [6, 6.07) is 0. The second-order valence-corrected chi connectivity index (χ2v) is 5.63. The summed E-state index contributed by atoms with van der Waals surface area (Å²) in [6.07, 6.45) is 7.00. The molecule has 0 aliphatic heterocycles. The Morgan fingerprint density at radius 1 is 0.857 bits per heavy atom. The zero-order chi connectivity index (χ0) is 11.2. The van der Waals surface area contributed by atoms with Crippen LogP contribution in [0.15, 0.2) is 0 Å². The van der Waals surface area contributed by atoms with E-state index in [2.05, 4.69) is 41.5 Å². The van der Waals surface area contributed by atoms with E-state index in [4.69, 9.17) is 0 Å². The molecular formula is C14H30. The summed E-state index contributed by atoms with van der Waals surface area (Å²) in [5.41, 5.74) is 0.549. The Morgan fingerprint density at radius 3 is 1.71 bits per heavy atom. The third-order valence-corrected chi connectivity index (χ3v) is 4.21. The van der Waals surface area contributed by atoms with Crippen LogP contribution in [0, 0.1) is 17.3 Å². The van der Waals surface area contributed by atoms with Gasteiger partial charge in [-0.1, -0.05) is 67.2 Å². The number of rotatable bonds is 7. The van der Waals surface area contributed by atoms with Crippen molar-refractivity contribution in [3.63, 3.8) is 0 Å². The lowest BCUT2D eigenvalue weighted by Gasteiger charge is -2.38.